The number of aromatic nitrogens is 1. The number of nitrogens with two attached hydrogens (primary N) is 1. The SMILES string of the molecule is CCC(CC)C(C)Nc1cc(N)cc(Cl)n1. The Kier molecular flexibility index (Phi) is 4.87. The number of pyridine rings is 1. The molecule has 0 fully saturated rings. The zero-order valence-electron chi connectivity index (χ0n) is 10.1. The van der Waals surface area contributed by atoms with Crippen molar-refractivity contribution < 1.29 is 0 Å². The lowest BCUT2D eigenvalue weighted by atomic mass is 9.95. The van der Waals surface area contributed by atoms with Crippen LogP contribution in [0.4, 0.5) is 11.5 Å². The first kappa shape index (κ1) is 13.1. The van der Waals surface area contributed by atoms with Crippen LogP contribution in [-0.2, 0) is 0 Å². The molecule has 90 valence electrons. The predicted octanol–water partition coefficient (Wildman–Crippen LogP) is 3.55. The molecular weight excluding hydrogens is 222 g/mol. The topological polar surface area (TPSA) is 50.9 Å². The Balaban J connectivity index is 2.72. The summed E-state index contributed by atoms with van der Waals surface area (Å²) in [6, 6.07) is 3.83. The van der Waals surface area contributed by atoms with Gasteiger partial charge in [-0.05, 0) is 18.9 Å². The lowest BCUT2D eigenvalue weighted by Gasteiger charge is -2.23. The molecule has 0 aliphatic carbocycles. The Morgan fingerprint density at radius 3 is 2.50 bits per heavy atom. The predicted molar refractivity (Wildman–Crippen MR) is 70.8 cm³/mol. The van der Waals surface area contributed by atoms with Gasteiger partial charge in [0.05, 0.1) is 0 Å². The Morgan fingerprint density at radius 1 is 1.38 bits per heavy atom. The third-order valence-corrected chi connectivity index (χ3v) is 3.14. The summed E-state index contributed by atoms with van der Waals surface area (Å²) in [5.74, 6) is 1.39. The van der Waals surface area contributed by atoms with E-state index in [1.54, 1.807) is 6.07 Å². The first-order valence-corrected chi connectivity index (χ1v) is 6.14. The molecule has 4 heteroatoms. The molecule has 1 rings (SSSR count). The van der Waals surface area contributed by atoms with E-state index < -0.39 is 0 Å². The van der Waals surface area contributed by atoms with E-state index in [4.69, 9.17) is 17.3 Å². The van der Waals surface area contributed by atoms with Crippen LogP contribution in [0.15, 0.2) is 12.1 Å². The highest BCUT2D eigenvalue weighted by molar-refractivity contribution is 6.29. The second kappa shape index (κ2) is 5.94. The highest BCUT2D eigenvalue weighted by Gasteiger charge is 2.13. The molecular formula is C12H20ClN3. The van der Waals surface area contributed by atoms with Crippen molar-refractivity contribution in [2.75, 3.05) is 11.1 Å². The third kappa shape index (κ3) is 3.56. The van der Waals surface area contributed by atoms with E-state index in [0.29, 0.717) is 22.8 Å². The van der Waals surface area contributed by atoms with E-state index in [1.165, 1.54) is 0 Å². The number of hydrogen-bond acceptors (Lipinski definition) is 3. The number of nitrogen functional groups attached to an aromatic ring is 1. The molecule has 1 heterocycles. The second-order valence-electron chi connectivity index (χ2n) is 4.12. The molecule has 0 aromatic carbocycles. The molecule has 0 amide bonds. The number of halogens is 1. The monoisotopic (exact) mass is 241 g/mol. The maximum atomic E-state index is 5.85. The van der Waals surface area contributed by atoms with Gasteiger partial charge in [-0.2, -0.15) is 0 Å². The van der Waals surface area contributed by atoms with Crippen LogP contribution in [0.2, 0.25) is 5.15 Å². The van der Waals surface area contributed by atoms with Crippen LogP contribution >= 0.6 is 11.6 Å². The van der Waals surface area contributed by atoms with E-state index in [1.807, 2.05) is 6.07 Å². The fraction of sp³-hybridized carbons (Fsp3) is 0.583. The van der Waals surface area contributed by atoms with Gasteiger partial charge in [0.25, 0.3) is 0 Å². The molecule has 3 nitrogen and oxygen atoms in total. The van der Waals surface area contributed by atoms with Crippen LogP contribution in [0, 0.1) is 5.92 Å². The van der Waals surface area contributed by atoms with Crippen molar-refractivity contribution in [3.63, 3.8) is 0 Å². The van der Waals surface area contributed by atoms with Gasteiger partial charge in [0.15, 0.2) is 0 Å². The average molecular weight is 242 g/mol. The van der Waals surface area contributed by atoms with Gasteiger partial charge in [0.2, 0.25) is 0 Å². The lowest BCUT2D eigenvalue weighted by molar-refractivity contribution is 0.437. The first-order valence-electron chi connectivity index (χ1n) is 5.76. The van der Waals surface area contributed by atoms with Crippen LogP contribution < -0.4 is 11.1 Å². The molecule has 1 aromatic heterocycles. The standard InChI is InChI=1S/C12H20ClN3/c1-4-9(5-2)8(3)15-12-7-10(14)6-11(13)16-12/h6-9H,4-5H2,1-3H3,(H3,14,15,16). The first-order chi connectivity index (χ1) is 7.56. The summed E-state index contributed by atoms with van der Waals surface area (Å²) in [7, 11) is 0. The van der Waals surface area contributed by atoms with Crippen LogP contribution in [0.1, 0.15) is 33.6 Å². The normalized spacial score (nSPS) is 12.8. The lowest BCUT2D eigenvalue weighted by Crippen LogP contribution is -2.25. The summed E-state index contributed by atoms with van der Waals surface area (Å²) in [4.78, 5) is 4.20. The molecule has 0 bridgehead atoms. The second-order valence-corrected chi connectivity index (χ2v) is 4.51. The largest absolute Gasteiger partial charge is 0.399 e. The van der Waals surface area contributed by atoms with Crippen molar-refractivity contribution >= 4 is 23.1 Å². The number of nitrogens with one attached hydrogen (secondary N) is 1. The summed E-state index contributed by atoms with van der Waals surface area (Å²) in [6.45, 7) is 6.56. The molecule has 0 spiro atoms. The van der Waals surface area contributed by atoms with Crippen molar-refractivity contribution in [1.29, 1.82) is 0 Å². The minimum atomic E-state index is 0.375. The smallest absolute Gasteiger partial charge is 0.133 e. The van der Waals surface area contributed by atoms with Crippen molar-refractivity contribution in [1.82, 2.24) is 4.98 Å². The molecule has 0 radical (unpaired) electrons. The van der Waals surface area contributed by atoms with Crippen molar-refractivity contribution in [3.8, 4) is 0 Å². The summed E-state index contributed by atoms with van der Waals surface area (Å²) in [6.07, 6.45) is 2.31. The number of nitrogens with zero attached hydrogens (tertiary/aromatic N) is 1. The number of anilines is 2. The zero-order valence-corrected chi connectivity index (χ0v) is 10.9. The van der Waals surface area contributed by atoms with Crippen molar-refractivity contribution in [3.05, 3.63) is 17.3 Å². The maximum Gasteiger partial charge on any atom is 0.133 e. The molecule has 0 saturated carbocycles. The van der Waals surface area contributed by atoms with Gasteiger partial charge in [-0.15, -0.1) is 0 Å². The molecule has 1 aromatic rings. The third-order valence-electron chi connectivity index (χ3n) is 2.95. The van der Waals surface area contributed by atoms with Gasteiger partial charge in [-0.3, -0.25) is 0 Å². The Hall–Kier alpha value is -0.960. The van der Waals surface area contributed by atoms with Gasteiger partial charge >= 0.3 is 0 Å². The summed E-state index contributed by atoms with van der Waals surface area (Å²) in [5.41, 5.74) is 6.35. The minimum absolute atomic E-state index is 0.375. The highest BCUT2D eigenvalue weighted by atomic mass is 35.5. The van der Waals surface area contributed by atoms with Gasteiger partial charge in [0.1, 0.15) is 11.0 Å². The van der Waals surface area contributed by atoms with Crippen LogP contribution in [-0.4, -0.2) is 11.0 Å². The minimum Gasteiger partial charge on any atom is -0.399 e. The molecule has 16 heavy (non-hydrogen) atoms. The van der Waals surface area contributed by atoms with Crippen LogP contribution in [0.3, 0.4) is 0 Å². The van der Waals surface area contributed by atoms with Gasteiger partial charge < -0.3 is 11.1 Å². The fourth-order valence-electron chi connectivity index (χ4n) is 1.94. The summed E-state index contributed by atoms with van der Waals surface area (Å²) in [5, 5.41) is 3.78. The van der Waals surface area contributed by atoms with E-state index in [9.17, 15) is 0 Å². The van der Waals surface area contributed by atoms with Gasteiger partial charge in [-0.1, -0.05) is 38.3 Å². The van der Waals surface area contributed by atoms with Crippen molar-refractivity contribution in [2.24, 2.45) is 5.92 Å². The van der Waals surface area contributed by atoms with Crippen molar-refractivity contribution in [2.45, 2.75) is 39.7 Å². The number of hydrogen-bond donors (Lipinski definition) is 2. The molecule has 0 aliphatic heterocycles. The fourth-order valence-corrected chi connectivity index (χ4v) is 2.15. The molecule has 0 saturated heterocycles. The molecule has 1 unspecified atom stereocenters. The van der Waals surface area contributed by atoms with Gasteiger partial charge in [0, 0.05) is 17.8 Å². The highest BCUT2D eigenvalue weighted by Crippen LogP contribution is 2.20. The molecule has 3 N–H and O–H groups in total. The Morgan fingerprint density at radius 2 is 2.00 bits per heavy atom. The summed E-state index contributed by atoms with van der Waals surface area (Å²) < 4.78 is 0. The summed E-state index contributed by atoms with van der Waals surface area (Å²) >= 11 is 5.85. The van der Waals surface area contributed by atoms with E-state index in [-0.39, 0.29) is 0 Å². The Bertz CT molecular complexity index is 317. The van der Waals surface area contributed by atoms with Crippen LogP contribution in [0.5, 0.6) is 0 Å². The van der Waals surface area contributed by atoms with Gasteiger partial charge in [-0.25, -0.2) is 4.98 Å². The van der Waals surface area contributed by atoms with E-state index in [0.717, 1.165) is 18.7 Å². The van der Waals surface area contributed by atoms with Crippen LogP contribution in [0.25, 0.3) is 0 Å². The maximum absolute atomic E-state index is 5.85. The van der Waals surface area contributed by atoms with E-state index >= 15 is 0 Å². The molecule has 1 atom stereocenters. The molecule has 0 aliphatic rings. The average Bonchev–Trinajstić information content (AvgIpc) is 2.17. The number of rotatable bonds is 5. The Labute approximate surface area is 102 Å². The van der Waals surface area contributed by atoms with E-state index in [2.05, 4.69) is 31.1 Å². The zero-order chi connectivity index (χ0) is 12.1. The quantitative estimate of drug-likeness (QED) is 0.775.